The molecule has 1 fully saturated rings. The number of morpholine rings is 1. The second kappa shape index (κ2) is 4.94. The monoisotopic (exact) mass is 253 g/mol. The van der Waals surface area contributed by atoms with Gasteiger partial charge in [0, 0.05) is 13.1 Å². The Kier molecular flexibility index (Phi) is 3.52. The highest BCUT2D eigenvalue weighted by molar-refractivity contribution is 5.94. The van der Waals surface area contributed by atoms with Gasteiger partial charge in [0.2, 0.25) is 0 Å². The SMILES string of the molecule is CC1CN(c2ccc(F)cc2C(=O)O)CC(C)O1. The number of hydrogen-bond acceptors (Lipinski definition) is 3. The molecule has 18 heavy (non-hydrogen) atoms. The fourth-order valence-corrected chi connectivity index (χ4v) is 2.33. The van der Waals surface area contributed by atoms with Crippen LogP contribution >= 0.6 is 0 Å². The quantitative estimate of drug-likeness (QED) is 0.877. The first kappa shape index (κ1) is 12.8. The van der Waals surface area contributed by atoms with Crippen LogP contribution in [0.2, 0.25) is 0 Å². The van der Waals surface area contributed by atoms with Crippen molar-refractivity contribution >= 4 is 11.7 Å². The van der Waals surface area contributed by atoms with E-state index in [4.69, 9.17) is 9.84 Å². The van der Waals surface area contributed by atoms with Gasteiger partial charge < -0.3 is 14.7 Å². The van der Waals surface area contributed by atoms with Crippen LogP contribution in [0.3, 0.4) is 0 Å². The minimum atomic E-state index is -1.11. The lowest BCUT2D eigenvalue weighted by molar-refractivity contribution is -0.00532. The number of carboxylic acids is 1. The molecular formula is C13H16FNO3. The normalized spacial score (nSPS) is 24.1. The van der Waals surface area contributed by atoms with Crippen molar-refractivity contribution in [1.29, 1.82) is 0 Å². The van der Waals surface area contributed by atoms with Gasteiger partial charge >= 0.3 is 5.97 Å². The lowest BCUT2D eigenvalue weighted by Crippen LogP contribution is -2.46. The van der Waals surface area contributed by atoms with E-state index in [1.807, 2.05) is 18.7 Å². The van der Waals surface area contributed by atoms with Crippen molar-refractivity contribution < 1.29 is 19.0 Å². The summed E-state index contributed by atoms with van der Waals surface area (Å²) in [6.45, 7) is 5.09. The summed E-state index contributed by atoms with van der Waals surface area (Å²) in [6, 6.07) is 3.86. The van der Waals surface area contributed by atoms with Crippen molar-refractivity contribution in [2.45, 2.75) is 26.1 Å². The summed E-state index contributed by atoms with van der Waals surface area (Å²) in [5.74, 6) is -1.65. The van der Waals surface area contributed by atoms with E-state index in [2.05, 4.69) is 0 Å². The third-order valence-electron chi connectivity index (χ3n) is 2.95. The van der Waals surface area contributed by atoms with Gasteiger partial charge in [-0.1, -0.05) is 0 Å². The van der Waals surface area contributed by atoms with Gasteiger partial charge in [-0.2, -0.15) is 0 Å². The molecule has 4 nitrogen and oxygen atoms in total. The molecule has 1 N–H and O–H groups in total. The number of aromatic carboxylic acids is 1. The minimum Gasteiger partial charge on any atom is -0.478 e. The number of halogens is 1. The van der Waals surface area contributed by atoms with E-state index in [9.17, 15) is 9.18 Å². The first-order chi connectivity index (χ1) is 8.47. The van der Waals surface area contributed by atoms with Crippen molar-refractivity contribution in [1.82, 2.24) is 0 Å². The zero-order valence-corrected chi connectivity index (χ0v) is 10.4. The van der Waals surface area contributed by atoms with Gasteiger partial charge in [0.05, 0.1) is 23.5 Å². The minimum absolute atomic E-state index is 0.00343. The van der Waals surface area contributed by atoms with Crippen LogP contribution < -0.4 is 4.90 Å². The maximum absolute atomic E-state index is 13.1. The summed E-state index contributed by atoms with van der Waals surface area (Å²) >= 11 is 0. The van der Waals surface area contributed by atoms with E-state index in [1.54, 1.807) is 0 Å². The van der Waals surface area contributed by atoms with E-state index < -0.39 is 11.8 Å². The average Bonchev–Trinajstić information content (AvgIpc) is 2.27. The molecule has 0 spiro atoms. The van der Waals surface area contributed by atoms with Crippen molar-refractivity contribution in [2.24, 2.45) is 0 Å². The number of carbonyl (C=O) groups is 1. The Morgan fingerprint density at radius 1 is 1.39 bits per heavy atom. The summed E-state index contributed by atoms with van der Waals surface area (Å²) in [4.78, 5) is 13.1. The summed E-state index contributed by atoms with van der Waals surface area (Å²) in [6.07, 6.45) is 0.0564. The Morgan fingerprint density at radius 2 is 2.00 bits per heavy atom. The van der Waals surface area contributed by atoms with E-state index in [0.29, 0.717) is 18.8 Å². The summed E-state index contributed by atoms with van der Waals surface area (Å²) < 4.78 is 18.7. The molecule has 5 heteroatoms. The predicted molar refractivity (Wildman–Crippen MR) is 65.6 cm³/mol. The molecule has 0 aromatic heterocycles. The number of ether oxygens (including phenoxy) is 1. The molecule has 0 saturated carbocycles. The molecular weight excluding hydrogens is 237 g/mol. The summed E-state index contributed by atoms with van der Waals surface area (Å²) in [5.41, 5.74) is 0.544. The number of benzene rings is 1. The molecule has 0 radical (unpaired) electrons. The van der Waals surface area contributed by atoms with Gasteiger partial charge in [0.25, 0.3) is 0 Å². The highest BCUT2D eigenvalue weighted by atomic mass is 19.1. The molecule has 98 valence electrons. The van der Waals surface area contributed by atoms with Crippen LogP contribution in [0.5, 0.6) is 0 Å². The van der Waals surface area contributed by atoms with Crippen LogP contribution in [0.15, 0.2) is 18.2 Å². The molecule has 1 aromatic carbocycles. The van der Waals surface area contributed by atoms with Crippen LogP contribution in [-0.2, 0) is 4.74 Å². The Hall–Kier alpha value is -1.62. The van der Waals surface area contributed by atoms with Crippen LogP contribution in [0.4, 0.5) is 10.1 Å². The van der Waals surface area contributed by atoms with E-state index >= 15 is 0 Å². The van der Waals surface area contributed by atoms with Crippen LogP contribution in [0.25, 0.3) is 0 Å². The second-order valence-electron chi connectivity index (χ2n) is 4.63. The van der Waals surface area contributed by atoms with E-state index in [0.717, 1.165) is 6.07 Å². The van der Waals surface area contributed by atoms with Gasteiger partial charge in [0.15, 0.2) is 0 Å². The summed E-state index contributed by atoms with van der Waals surface area (Å²) in [7, 11) is 0. The van der Waals surface area contributed by atoms with Gasteiger partial charge in [0.1, 0.15) is 5.82 Å². The third kappa shape index (κ3) is 2.61. The molecule has 1 saturated heterocycles. The highest BCUT2D eigenvalue weighted by Crippen LogP contribution is 2.25. The highest BCUT2D eigenvalue weighted by Gasteiger charge is 2.25. The average molecular weight is 253 g/mol. The molecule has 1 aliphatic heterocycles. The molecule has 0 bridgehead atoms. The Balaban J connectivity index is 2.35. The van der Waals surface area contributed by atoms with Crippen LogP contribution in [0, 0.1) is 5.82 Å². The number of anilines is 1. The van der Waals surface area contributed by atoms with Gasteiger partial charge in [-0.15, -0.1) is 0 Å². The smallest absolute Gasteiger partial charge is 0.337 e. The second-order valence-corrected chi connectivity index (χ2v) is 4.63. The Morgan fingerprint density at radius 3 is 2.56 bits per heavy atom. The molecule has 1 heterocycles. The first-order valence-corrected chi connectivity index (χ1v) is 5.90. The molecule has 2 unspecified atom stereocenters. The fourth-order valence-electron chi connectivity index (χ4n) is 2.33. The van der Waals surface area contributed by atoms with Crippen molar-refractivity contribution in [2.75, 3.05) is 18.0 Å². The number of nitrogens with zero attached hydrogens (tertiary/aromatic N) is 1. The van der Waals surface area contributed by atoms with Crippen LogP contribution in [0.1, 0.15) is 24.2 Å². The first-order valence-electron chi connectivity index (χ1n) is 5.90. The fraction of sp³-hybridized carbons (Fsp3) is 0.462. The van der Waals surface area contributed by atoms with Crippen molar-refractivity contribution in [3.8, 4) is 0 Å². The maximum Gasteiger partial charge on any atom is 0.337 e. The van der Waals surface area contributed by atoms with Crippen molar-refractivity contribution in [3.63, 3.8) is 0 Å². The van der Waals surface area contributed by atoms with Gasteiger partial charge in [-0.05, 0) is 32.0 Å². The molecule has 0 amide bonds. The van der Waals surface area contributed by atoms with E-state index in [-0.39, 0.29) is 17.8 Å². The zero-order chi connectivity index (χ0) is 13.3. The number of hydrogen-bond donors (Lipinski definition) is 1. The van der Waals surface area contributed by atoms with Gasteiger partial charge in [-0.3, -0.25) is 0 Å². The Bertz CT molecular complexity index is 454. The van der Waals surface area contributed by atoms with Crippen LogP contribution in [-0.4, -0.2) is 36.4 Å². The van der Waals surface area contributed by atoms with Gasteiger partial charge in [-0.25, -0.2) is 9.18 Å². The molecule has 1 aliphatic rings. The van der Waals surface area contributed by atoms with Crippen molar-refractivity contribution in [3.05, 3.63) is 29.6 Å². The number of rotatable bonds is 2. The lowest BCUT2D eigenvalue weighted by atomic mass is 10.1. The third-order valence-corrected chi connectivity index (χ3v) is 2.95. The Labute approximate surface area is 105 Å². The standard InChI is InChI=1S/C13H16FNO3/c1-8-6-15(7-9(2)18-8)12-4-3-10(14)5-11(12)13(16)17/h3-5,8-9H,6-7H2,1-2H3,(H,16,17). The molecule has 0 aliphatic carbocycles. The summed E-state index contributed by atoms with van der Waals surface area (Å²) in [5, 5.41) is 9.13. The lowest BCUT2D eigenvalue weighted by Gasteiger charge is -2.37. The molecule has 1 aromatic rings. The number of carboxylic acid groups (broad SMARTS) is 1. The maximum atomic E-state index is 13.1. The molecule has 2 rings (SSSR count). The topological polar surface area (TPSA) is 49.8 Å². The van der Waals surface area contributed by atoms with E-state index in [1.165, 1.54) is 12.1 Å². The molecule has 2 atom stereocenters. The predicted octanol–water partition coefficient (Wildman–Crippen LogP) is 2.14. The zero-order valence-electron chi connectivity index (χ0n) is 10.4. The largest absolute Gasteiger partial charge is 0.478 e.